The van der Waals surface area contributed by atoms with Gasteiger partial charge in [-0.3, -0.25) is 13.9 Å². The van der Waals surface area contributed by atoms with Crippen molar-refractivity contribution in [2.45, 2.75) is 65.6 Å². The topological polar surface area (TPSA) is 86.8 Å². The summed E-state index contributed by atoms with van der Waals surface area (Å²) in [5.74, 6) is -0.457. The van der Waals surface area contributed by atoms with Crippen LogP contribution in [0.2, 0.25) is 5.02 Å². The molecule has 0 saturated heterocycles. The first kappa shape index (κ1) is 28.7. The van der Waals surface area contributed by atoms with Crippen molar-refractivity contribution in [3.8, 4) is 0 Å². The van der Waals surface area contributed by atoms with Crippen LogP contribution in [0.25, 0.3) is 0 Å². The predicted octanol–water partition coefficient (Wildman–Crippen LogP) is 4.53. The maximum Gasteiger partial charge on any atom is 0.242 e. The Morgan fingerprint density at radius 2 is 1.77 bits per heavy atom. The second-order valence-corrected chi connectivity index (χ2v) is 11.3. The summed E-state index contributed by atoms with van der Waals surface area (Å²) in [7, 11) is -3.52. The number of carbonyl (C=O) groups excluding carboxylic acids is 2. The summed E-state index contributed by atoms with van der Waals surface area (Å²) < 4.78 is 26.2. The maximum absolute atomic E-state index is 13.3. The van der Waals surface area contributed by atoms with Gasteiger partial charge in [-0.2, -0.15) is 0 Å². The average Bonchev–Trinajstić information content (AvgIpc) is 2.78. The van der Waals surface area contributed by atoms with Crippen molar-refractivity contribution in [1.29, 1.82) is 0 Å². The third kappa shape index (κ3) is 8.85. The Bertz CT molecular complexity index is 1120. The molecule has 0 bridgehead atoms. The van der Waals surface area contributed by atoms with Crippen LogP contribution in [-0.4, -0.2) is 50.0 Å². The number of nitrogens with one attached hydrogen (secondary N) is 1. The molecule has 2 atom stereocenters. The van der Waals surface area contributed by atoms with Crippen LogP contribution in [0.1, 0.15) is 51.2 Å². The Morgan fingerprint density at radius 3 is 2.37 bits per heavy atom. The second-order valence-electron chi connectivity index (χ2n) is 8.92. The number of aryl methyl sites for hydroxylation is 1. The Hall–Kier alpha value is -2.58. The zero-order chi connectivity index (χ0) is 26.2. The highest BCUT2D eigenvalue weighted by Gasteiger charge is 2.27. The van der Waals surface area contributed by atoms with Crippen LogP contribution < -0.4 is 9.62 Å². The van der Waals surface area contributed by atoms with Crippen LogP contribution in [0.4, 0.5) is 5.69 Å². The first-order valence-electron chi connectivity index (χ1n) is 11.8. The molecule has 0 radical (unpaired) electrons. The summed E-state index contributed by atoms with van der Waals surface area (Å²) in [6, 6.07) is 13.7. The fourth-order valence-electron chi connectivity index (χ4n) is 3.67. The van der Waals surface area contributed by atoms with Crippen LogP contribution in [-0.2, 0) is 26.2 Å². The summed E-state index contributed by atoms with van der Waals surface area (Å²) in [6.45, 7) is 7.88. The van der Waals surface area contributed by atoms with Crippen molar-refractivity contribution < 1.29 is 18.0 Å². The smallest absolute Gasteiger partial charge is 0.242 e. The maximum atomic E-state index is 13.3. The van der Waals surface area contributed by atoms with E-state index in [1.54, 1.807) is 43.3 Å². The van der Waals surface area contributed by atoms with Crippen LogP contribution in [0, 0.1) is 6.92 Å². The fraction of sp³-hybridized carbons (Fsp3) is 0.462. The lowest BCUT2D eigenvalue weighted by atomic mass is 10.1. The van der Waals surface area contributed by atoms with E-state index in [0.29, 0.717) is 17.1 Å². The molecule has 2 rings (SSSR count). The number of amides is 2. The molecular formula is C26H36ClN3O4S. The van der Waals surface area contributed by atoms with E-state index in [0.717, 1.165) is 23.8 Å². The van der Waals surface area contributed by atoms with Crippen LogP contribution >= 0.6 is 11.6 Å². The molecule has 192 valence electrons. The summed E-state index contributed by atoms with van der Waals surface area (Å²) in [5.41, 5.74) is 2.32. The number of nitrogens with zero attached hydrogens (tertiary/aromatic N) is 2. The van der Waals surface area contributed by atoms with Crippen LogP contribution in [0.5, 0.6) is 0 Å². The molecule has 0 aliphatic heterocycles. The van der Waals surface area contributed by atoms with Crippen molar-refractivity contribution in [1.82, 2.24) is 10.2 Å². The number of halogens is 1. The van der Waals surface area contributed by atoms with Gasteiger partial charge in [-0.05, 0) is 69.0 Å². The fourth-order valence-corrected chi connectivity index (χ4v) is 4.84. The molecule has 7 nitrogen and oxygen atoms in total. The Kier molecular flexibility index (Phi) is 10.6. The lowest BCUT2D eigenvalue weighted by Crippen LogP contribution is -2.49. The minimum atomic E-state index is -3.52. The molecule has 0 heterocycles. The number of hydrogen-bond acceptors (Lipinski definition) is 4. The lowest BCUT2D eigenvalue weighted by Gasteiger charge is -2.30. The largest absolute Gasteiger partial charge is 0.352 e. The highest BCUT2D eigenvalue weighted by Crippen LogP contribution is 2.21. The highest BCUT2D eigenvalue weighted by atomic mass is 35.5. The molecule has 2 aromatic carbocycles. The molecule has 0 aliphatic rings. The van der Waals surface area contributed by atoms with Gasteiger partial charge in [-0.1, -0.05) is 42.8 Å². The Morgan fingerprint density at radius 1 is 1.09 bits per heavy atom. The van der Waals surface area contributed by atoms with Crippen LogP contribution in [0.15, 0.2) is 48.5 Å². The van der Waals surface area contributed by atoms with Crippen molar-refractivity contribution in [2.75, 3.05) is 17.1 Å². The predicted molar refractivity (Wildman–Crippen MR) is 142 cm³/mol. The van der Waals surface area contributed by atoms with E-state index in [2.05, 4.69) is 5.32 Å². The number of rotatable bonds is 12. The minimum absolute atomic E-state index is 0.00859. The second kappa shape index (κ2) is 12.9. The van der Waals surface area contributed by atoms with Gasteiger partial charge >= 0.3 is 0 Å². The Balaban J connectivity index is 2.17. The molecule has 9 heteroatoms. The Labute approximate surface area is 214 Å². The van der Waals surface area contributed by atoms with E-state index in [1.165, 1.54) is 9.21 Å². The van der Waals surface area contributed by atoms with Gasteiger partial charge in [-0.25, -0.2) is 8.42 Å². The van der Waals surface area contributed by atoms with E-state index < -0.39 is 16.1 Å². The molecule has 0 aromatic heterocycles. The van der Waals surface area contributed by atoms with Crippen molar-refractivity contribution in [3.63, 3.8) is 0 Å². The van der Waals surface area contributed by atoms with Gasteiger partial charge in [0.05, 0.1) is 11.9 Å². The summed E-state index contributed by atoms with van der Waals surface area (Å²) >= 11 is 6.12. The normalized spacial score (nSPS) is 13.1. The number of carbonyl (C=O) groups is 2. The van der Waals surface area contributed by atoms with Gasteiger partial charge in [0.2, 0.25) is 21.8 Å². The zero-order valence-electron chi connectivity index (χ0n) is 21.1. The van der Waals surface area contributed by atoms with Crippen molar-refractivity contribution >= 4 is 39.1 Å². The molecule has 0 unspecified atom stereocenters. The third-order valence-electron chi connectivity index (χ3n) is 5.85. The van der Waals surface area contributed by atoms with Gasteiger partial charge in [0.1, 0.15) is 6.04 Å². The van der Waals surface area contributed by atoms with Gasteiger partial charge < -0.3 is 10.2 Å². The van der Waals surface area contributed by atoms with Crippen molar-refractivity contribution in [2.24, 2.45) is 0 Å². The van der Waals surface area contributed by atoms with Gasteiger partial charge in [0, 0.05) is 30.6 Å². The van der Waals surface area contributed by atoms with Gasteiger partial charge in [-0.15, -0.1) is 0 Å². The molecule has 2 amide bonds. The lowest BCUT2D eigenvalue weighted by molar-refractivity contribution is -0.140. The minimum Gasteiger partial charge on any atom is -0.352 e. The number of benzene rings is 2. The summed E-state index contributed by atoms with van der Waals surface area (Å²) in [5, 5.41) is 3.49. The van der Waals surface area contributed by atoms with Crippen LogP contribution in [0.3, 0.4) is 0 Å². The molecule has 0 spiro atoms. The standard InChI is InChI=1S/C26H36ClN3O4S/c1-6-20(3)28-26(32)21(4)29(18-22-11-8-12-23(27)17-22)25(31)14-9-15-30(35(5,33)34)24-13-7-10-19(2)16-24/h7-8,10-13,16-17,20-21H,6,9,14-15,18H2,1-5H3,(H,28,32)/t20-,21-/m1/s1. The van der Waals surface area contributed by atoms with Gasteiger partial charge in [0.15, 0.2) is 0 Å². The monoisotopic (exact) mass is 521 g/mol. The molecule has 2 aromatic rings. The average molecular weight is 522 g/mol. The van der Waals surface area contributed by atoms with Crippen molar-refractivity contribution in [3.05, 3.63) is 64.7 Å². The quantitative estimate of drug-likeness (QED) is 0.444. The van der Waals surface area contributed by atoms with Gasteiger partial charge in [0.25, 0.3) is 0 Å². The molecule has 35 heavy (non-hydrogen) atoms. The molecule has 0 fully saturated rings. The van der Waals surface area contributed by atoms with E-state index in [4.69, 9.17) is 11.6 Å². The first-order valence-corrected chi connectivity index (χ1v) is 14.0. The van der Waals surface area contributed by atoms with E-state index >= 15 is 0 Å². The van der Waals surface area contributed by atoms with E-state index in [1.807, 2.05) is 32.9 Å². The van der Waals surface area contributed by atoms with E-state index in [9.17, 15) is 18.0 Å². The molecular weight excluding hydrogens is 486 g/mol. The SMILES string of the molecule is CC[C@@H](C)NC(=O)[C@@H](C)N(Cc1cccc(Cl)c1)C(=O)CCCN(c1cccc(C)c1)S(C)(=O)=O. The molecule has 0 saturated carbocycles. The third-order valence-corrected chi connectivity index (χ3v) is 7.28. The summed E-state index contributed by atoms with van der Waals surface area (Å²) in [6.07, 6.45) is 2.34. The summed E-state index contributed by atoms with van der Waals surface area (Å²) in [4.78, 5) is 27.7. The number of anilines is 1. The van der Waals surface area contributed by atoms with E-state index in [-0.39, 0.29) is 37.4 Å². The number of sulfonamides is 1. The first-order chi connectivity index (χ1) is 16.4. The zero-order valence-corrected chi connectivity index (χ0v) is 22.7. The number of hydrogen-bond donors (Lipinski definition) is 1. The highest BCUT2D eigenvalue weighted by molar-refractivity contribution is 7.92. The molecule has 0 aliphatic carbocycles. The molecule has 1 N–H and O–H groups in total.